The van der Waals surface area contributed by atoms with Gasteiger partial charge in [-0.25, -0.2) is 0 Å². The fourth-order valence-electron chi connectivity index (χ4n) is 3.77. The number of H-pyrrole nitrogens is 1. The maximum Gasteiger partial charge on any atom is 0.233 e. The third-order valence-corrected chi connectivity index (χ3v) is 5.22. The lowest BCUT2D eigenvalue weighted by atomic mass is 9.82. The van der Waals surface area contributed by atoms with Crippen molar-refractivity contribution in [2.24, 2.45) is 0 Å². The van der Waals surface area contributed by atoms with E-state index in [-0.39, 0.29) is 5.91 Å². The number of carbonyl (C=O) groups excluding carboxylic acids is 1. The highest BCUT2D eigenvalue weighted by atomic mass is 16.2. The van der Waals surface area contributed by atoms with E-state index in [9.17, 15) is 4.79 Å². The van der Waals surface area contributed by atoms with Crippen LogP contribution in [-0.4, -0.2) is 22.3 Å². The summed E-state index contributed by atoms with van der Waals surface area (Å²) in [5.74, 6) is 0.196. The molecule has 0 aliphatic carbocycles. The van der Waals surface area contributed by atoms with Gasteiger partial charge in [0.25, 0.3) is 0 Å². The molecule has 1 aliphatic heterocycles. The van der Waals surface area contributed by atoms with E-state index in [0.717, 1.165) is 29.4 Å². The zero-order valence-electron chi connectivity index (χ0n) is 14.2. The molecule has 3 nitrogen and oxygen atoms in total. The van der Waals surface area contributed by atoms with Crippen molar-refractivity contribution in [1.29, 1.82) is 0 Å². The Morgan fingerprint density at radius 2 is 1.75 bits per heavy atom. The molecular weight excluding hydrogens is 296 g/mol. The van der Waals surface area contributed by atoms with Gasteiger partial charge in [-0.1, -0.05) is 42.5 Å². The molecule has 2 heterocycles. The first-order chi connectivity index (χ1) is 11.6. The number of aromatic nitrogens is 1. The van der Waals surface area contributed by atoms with Gasteiger partial charge in [0.1, 0.15) is 0 Å². The molecule has 122 valence electrons. The highest BCUT2D eigenvalue weighted by molar-refractivity contribution is 5.94. The third-order valence-electron chi connectivity index (χ3n) is 5.22. The molecule has 0 spiro atoms. The minimum atomic E-state index is -0.550. The molecule has 0 fully saturated rings. The number of nitrogens with zero attached hydrogens (tertiary/aromatic N) is 1. The number of rotatable bonds is 2. The highest BCUT2D eigenvalue weighted by Crippen LogP contribution is 2.33. The Bertz CT molecular complexity index is 907. The molecule has 3 heteroatoms. The van der Waals surface area contributed by atoms with Crippen LogP contribution in [-0.2, 0) is 23.2 Å². The molecule has 2 aromatic carbocycles. The molecule has 0 atom stereocenters. The zero-order valence-corrected chi connectivity index (χ0v) is 14.2. The summed E-state index contributed by atoms with van der Waals surface area (Å²) in [5.41, 5.74) is 4.24. The largest absolute Gasteiger partial charge is 0.361 e. The lowest BCUT2D eigenvalue weighted by molar-refractivity contribution is -0.137. The summed E-state index contributed by atoms with van der Waals surface area (Å²) >= 11 is 0. The van der Waals surface area contributed by atoms with E-state index in [0.29, 0.717) is 6.54 Å². The molecule has 0 radical (unpaired) electrons. The minimum absolute atomic E-state index is 0.196. The lowest BCUT2D eigenvalue weighted by Gasteiger charge is -2.35. The number of amides is 1. The predicted molar refractivity (Wildman–Crippen MR) is 96.9 cm³/mol. The first-order valence-electron chi connectivity index (χ1n) is 8.50. The van der Waals surface area contributed by atoms with Crippen LogP contribution in [0.15, 0.2) is 54.7 Å². The SMILES string of the molecule is CC(C)(C(=O)N1CCc2ccccc2C1)c1c[nH]c2ccccc12. The van der Waals surface area contributed by atoms with Gasteiger partial charge in [-0.05, 0) is 43.0 Å². The van der Waals surface area contributed by atoms with E-state index in [1.807, 2.05) is 37.1 Å². The first-order valence-corrected chi connectivity index (χ1v) is 8.50. The Hall–Kier alpha value is -2.55. The summed E-state index contributed by atoms with van der Waals surface area (Å²) in [7, 11) is 0. The van der Waals surface area contributed by atoms with Crippen molar-refractivity contribution in [3.8, 4) is 0 Å². The lowest BCUT2D eigenvalue weighted by Crippen LogP contribution is -2.45. The Balaban J connectivity index is 1.66. The van der Waals surface area contributed by atoms with Crippen LogP contribution in [0.4, 0.5) is 0 Å². The van der Waals surface area contributed by atoms with Gasteiger partial charge in [0.2, 0.25) is 5.91 Å². The van der Waals surface area contributed by atoms with Gasteiger partial charge in [0.05, 0.1) is 5.41 Å². The van der Waals surface area contributed by atoms with E-state index in [2.05, 4.69) is 41.4 Å². The second-order valence-electron chi connectivity index (χ2n) is 7.12. The quantitative estimate of drug-likeness (QED) is 0.761. The molecule has 0 bridgehead atoms. The monoisotopic (exact) mass is 318 g/mol. The molecule has 0 unspecified atom stereocenters. The van der Waals surface area contributed by atoms with Gasteiger partial charge >= 0.3 is 0 Å². The summed E-state index contributed by atoms with van der Waals surface area (Å²) in [5, 5.41) is 1.13. The maximum atomic E-state index is 13.3. The Labute approximate surface area is 142 Å². The van der Waals surface area contributed by atoms with Crippen molar-refractivity contribution >= 4 is 16.8 Å². The molecule has 1 aliphatic rings. The van der Waals surface area contributed by atoms with E-state index < -0.39 is 5.41 Å². The topological polar surface area (TPSA) is 36.1 Å². The highest BCUT2D eigenvalue weighted by Gasteiger charge is 2.36. The molecule has 0 saturated heterocycles. The summed E-state index contributed by atoms with van der Waals surface area (Å²) in [6.07, 6.45) is 2.92. The molecule has 1 aromatic heterocycles. The smallest absolute Gasteiger partial charge is 0.233 e. The van der Waals surface area contributed by atoms with Crippen molar-refractivity contribution < 1.29 is 4.79 Å². The number of carbonyl (C=O) groups is 1. The summed E-state index contributed by atoms with van der Waals surface area (Å²) < 4.78 is 0. The van der Waals surface area contributed by atoms with Gasteiger partial charge in [-0.15, -0.1) is 0 Å². The number of nitrogens with one attached hydrogen (secondary N) is 1. The van der Waals surface area contributed by atoms with Gasteiger partial charge in [0, 0.05) is 30.2 Å². The van der Waals surface area contributed by atoms with Crippen molar-refractivity contribution in [2.45, 2.75) is 32.2 Å². The van der Waals surface area contributed by atoms with Gasteiger partial charge < -0.3 is 9.88 Å². The fourth-order valence-corrected chi connectivity index (χ4v) is 3.77. The molecular formula is C21H22N2O. The fraction of sp³-hybridized carbons (Fsp3) is 0.286. The van der Waals surface area contributed by atoms with E-state index in [1.54, 1.807) is 0 Å². The number of aromatic amines is 1. The van der Waals surface area contributed by atoms with Crippen LogP contribution in [0.5, 0.6) is 0 Å². The first kappa shape index (κ1) is 15.0. The van der Waals surface area contributed by atoms with Gasteiger partial charge in [0.15, 0.2) is 0 Å². The zero-order chi connectivity index (χ0) is 16.7. The molecule has 1 N–H and O–H groups in total. The third kappa shape index (κ3) is 2.32. The van der Waals surface area contributed by atoms with Crippen LogP contribution in [0.3, 0.4) is 0 Å². The van der Waals surface area contributed by atoms with Crippen LogP contribution in [0.1, 0.15) is 30.5 Å². The van der Waals surface area contributed by atoms with Crippen molar-refractivity contribution in [3.05, 3.63) is 71.4 Å². The number of hydrogen-bond donors (Lipinski definition) is 1. The summed E-state index contributed by atoms with van der Waals surface area (Å²) in [6, 6.07) is 16.6. The number of benzene rings is 2. The Kier molecular flexibility index (Phi) is 3.45. The minimum Gasteiger partial charge on any atom is -0.361 e. The van der Waals surface area contributed by atoms with Crippen LogP contribution >= 0.6 is 0 Å². The number of para-hydroxylation sites is 1. The average Bonchev–Trinajstić information content (AvgIpc) is 3.05. The molecule has 3 aromatic rings. The Morgan fingerprint density at radius 1 is 1.04 bits per heavy atom. The second-order valence-corrected chi connectivity index (χ2v) is 7.12. The van der Waals surface area contributed by atoms with Crippen LogP contribution < -0.4 is 0 Å². The van der Waals surface area contributed by atoms with Crippen LogP contribution in [0.2, 0.25) is 0 Å². The molecule has 1 amide bonds. The normalized spacial score (nSPS) is 14.7. The standard InChI is InChI=1S/C21H22N2O/c1-21(2,18-13-22-19-10-6-5-9-17(18)19)20(24)23-12-11-15-7-3-4-8-16(15)14-23/h3-10,13,22H,11-12,14H2,1-2H3. The Morgan fingerprint density at radius 3 is 2.58 bits per heavy atom. The number of fused-ring (bicyclic) bond motifs is 2. The van der Waals surface area contributed by atoms with E-state index >= 15 is 0 Å². The van der Waals surface area contributed by atoms with Crippen molar-refractivity contribution in [1.82, 2.24) is 9.88 Å². The van der Waals surface area contributed by atoms with Crippen LogP contribution in [0, 0.1) is 0 Å². The van der Waals surface area contributed by atoms with E-state index in [1.165, 1.54) is 11.1 Å². The van der Waals surface area contributed by atoms with Crippen molar-refractivity contribution in [3.63, 3.8) is 0 Å². The van der Waals surface area contributed by atoms with E-state index in [4.69, 9.17) is 0 Å². The van der Waals surface area contributed by atoms with Crippen LogP contribution in [0.25, 0.3) is 10.9 Å². The second kappa shape index (κ2) is 5.52. The average molecular weight is 318 g/mol. The predicted octanol–water partition coefficient (Wildman–Crippen LogP) is 4.03. The maximum absolute atomic E-state index is 13.3. The van der Waals surface area contributed by atoms with Gasteiger partial charge in [-0.3, -0.25) is 4.79 Å². The number of hydrogen-bond acceptors (Lipinski definition) is 1. The van der Waals surface area contributed by atoms with Crippen molar-refractivity contribution in [2.75, 3.05) is 6.54 Å². The summed E-state index contributed by atoms with van der Waals surface area (Å²) in [6.45, 7) is 5.57. The molecule has 0 saturated carbocycles. The molecule has 4 rings (SSSR count). The molecule has 24 heavy (non-hydrogen) atoms. The van der Waals surface area contributed by atoms with Gasteiger partial charge in [-0.2, -0.15) is 0 Å². The summed E-state index contributed by atoms with van der Waals surface area (Å²) in [4.78, 5) is 18.6.